The maximum Gasteiger partial charge on any atom is 0.274 e. The van der Waals surface area contributed by atoms with E-state index in [1.54, 1.807) is 17.4 Å². The molecule has 0 spiro atoms. The molecule has 0 saturated carbocycles. The molecular formula is C20H14N2OS. The van der Waals surface area contributed by atoms with Gasteiger partial charge >= 0.3 is 0 Å². The van der Waals surface area contributed by atoms with Crippen LogP contribution in [-0.4, -0.2) is 10.9 Å². The van der Waals surface area contributed by atoms with Crippen LogP contribution in [0.3, 0.4) is 0 Å². The van der Waals surface area contributed by atoms with E-state index in [0.717, 1.165) is 22.3 Å². The zero-order chi connectivity index (χ0) is 16.4. The summed E-state index contributed by atoms with van der Waals surface area (Å²) in [4.78, 5) is 17.0. The number of carbonyl (C=O) groups excluding carboxylic acids is 1. The topological polar surface area (TPSA) is 42.0 Å². The number of amides is 1. The zero-order valence-corrected chi connectivity index (χ0v) is 13.6. The van der Waals surface area contributed by atoms with Crippen LogP contribution in [0, 0.1) is 0 Å². The molecule has 116 valence electrons. The molecule has 4 rings (SSSR count). The highest BCUT2D eigenvalue weighted by Gasteiger charge is 2.11. The highest BCUT2D eigenvalue weighted by molar-refractivity contribution is 7.17. The fourth-order valence-electron chi connectivity index (χ4n) is 2.60. The van der Waals surface area contributed by atoms with Gasteiger partial charge in [0.1, 0.15) is 5.69 Å². The summed E-state index contributed by atoms with van der Waals surface area (Å²) in [7, 11) is 0. The van der Waals surface area contributed by atoms with E-state index < -0.39 is 0 Å². The van der Waals surface area contributed by atoms with E-state index in [9.17, 15) is 4.79 Å². The summed E-state index contributed by atoms with van der Waals surface area (Å²) >= 11 is 1.69. The molecule has 3 nitrogen and oxygen atoms in total. The van der Waals surface area contributed by atoms with E-state index in [1.807, 2.05) is 54.6 Å². The first kappa shape index (κ1) is 14.6. The lowest BCUT2D eigenvalue weighted by molar-refractivity contribution is 0.102. The molecule has 0 aliphatic heterocycles. The Labute approximate surface area is 143 Å². The summed E-state index contributed by atoms with van der Waals surface area (Å²) in [5, 5.41) is 6.12. The van der Waals surface area contributed by atoms with Crippen LogP contribution in [0.1, 0.15) is 10.5 Å². The Kier molecular flexibility index (Phi) is 3.81. The molecule has 0 aliphatic rings. The van der Waals surface area contributed by atoms with Gasteiger partial charge in [0.25, 0.3) is 5.91 Å². The van der Waals surface area contributed by atoms with Crippen LogP contribution in [0.5, 0.6) is 0 Å². The molecule has 0 aliphatic carbocycles. The first-order chi connectivity index (χ1) is 11.8. The summed E-state index contributed by atoms with van der Waals surface area (Å²) in [5.74, 6) is -0.206. The molecule has 4 aromatic rings. The number of hydrogen-bond donors (Lipinski definition) is 1. The second-order valence-electron chi connectivity index (χ2n) is 5.37. The maximum absolute atomic E-state index is 12.4. The van der Waals surface area contributed by atoms with Crippen LogP contribution in [0.4, 0.5) is 5.69 Å². The number of para-hydroxylation sites is 1. The number of fused-ring (bicyclic) bond motifs is 1. The van der Waals surface area contributed by atoms with E-state index >= 15 is 0 Å². The molecule has 0 radical (unpaired) electrons. The number of nitrogens with zero attached hydrogens (tertiary/aromatic N) is 1. The Hall–Kier alpha value is -2.98. The van der Waals surface area contributed by atoms with Gasteiger partial charge in [-0.3, -0.25) is 4.79 Å². The molecule has 0 fully saturated rings. The molecule has 1 amide bonds. The number of thiophene rings is 1. The fourth-order valence-corrected chi connectivity index (χ4v) is 3.56. The van der Waals surface area contributed by atoms with Gasteiger partial charge in [0.2, 0.25) is 0 Å². The highest BCUT2D eigenvalue weighted by atomic mass is 32.1. The zero-order valence-electron chi connectivity index (χ0n) is 12.8. The molecule has 1 N–H and O–H groups in total. The first-order valence-corrected chi connectivity index (χ1v) is 8.49. The van der Waals surface area contributed by atoms with Gasteiger partial charge in [-0.25, -0.2) is 4.98 Å². The van der Waals surface area contributed by atoms with Gasteiger partial charge in [-0.05, 0) is 30.3 Å². The monoisotopic (exact) mass is 330 g/mol. The van der Waals surface area contributed by atoms with Gasteiger partial charge in [0.15, 0.2) is 0 Å². The third-order valence-electron chi connectivity index (χ3n) is 3.77. The van der Waals surface area contributed by atoms with E-state index in [2.05, 4.69) is 27.8 Å². The van der Waals surface area contributed by atoms with Crippen molar-refractivity contribution >= 4 is 33.0 Å². The van der Waals surface area contributed by atoms with Crippen molar-refractivity contribution in [2.75, 3.05) is 5.32 Å². The molecule has 0 unspecified atom stereocenters. The maximum atomic E-state index is 12.4. The molecule has 4 heteroatoms. The van der Waals surface area contributed by atoms with Gasteiger partial charge in [0, 0.05) is 26.7 Å². The van der Waals surface area contributed by atoms with Crippen molar-refractivity contribution in [3.05, 3.63) is 83.9 Å². The van der Waals surface area contributed by atoms with Crippen molar-refractivity contribution in [2.24, 2.45) is 0 Å². The van der Waals surface area contributed by atoms with Gasteiger partial charge in [-0.2, -0.15) is 0 Å². The molecular weight excluding hydrogens is 316 g/mol. The van der Waals surface area contributed by atoms with Crippen LogP contribution in [0.25, 0.3) is 21.3 Å². The van der Waals surface area contributed by atoms with Crippen LogP contribution < -0.4 is 5.32 Å². The molecule has 2 aromatic carbocycles. The number of pyridine rings is 1. The minimum Gasteiger partial charge on any atom is -0.321 e. The van der Waals surface area contributed by atoms with Gasteiger partial charge in [-0.1, -0.05) is 42.5 Å². The van der Waals surface area contributed by atoms with Crippen LogP contribution in [-0.2, 0) is 0 Å². The van der Waals surface area contributed by atoms with E-state index in [-0.39, 0.29) is 5.91 Å². The lowest BCUT2D eigenvalue weighted by Gasteiger charge is -2.06. The van der Waals surface area contributed by atoms with E-state index in [0.29, 0.717) is 5.69 Å². The summed E-state index contributed by atoms with van der Waals surface area (Å²) < 4.78 is 1.22. The van der Waals surface area contributed by atoms with E-state index in [4.69, 9.17) is 0 Å². The van der Waals surface area contributed by atoms with Crippen LogP contribution in [0.2, 0.25) is 0 Å². The number of carbonyl (C=O) groups is 1. The van der Waals surface area contributed by atoms with Crippen molar-refractivity contribution < 1.29 is 4.79 Å². The first-order valence-electron chi connectivity index (χ1n) is 7.61. The average Bonchev–Trinajstić information content (AvgIpc) is 3.07. The van der Waals surface area contributed by atoms with Gasteiger partial charge in [-0.15, -0.1) is 11.3 Å². The second kappa shape index (κ2) is 6.26. The van der Waals surface area contributed by atoms with Crippen molar-refractivity contribution in [1.82, 2.24) is 4.98 Å². The van der Waals surface area contributed by atoms with Crippen molar-refractivity contribution in [1.29, 1.82) is 0 Å². The predicted octanol–water partition coefficient (Wildman–Crippen LogP) is 5.22. The number of nitrogens with one attached hydrogen (secondary N) is 1. The molecule has 0 atom stereocenters. The van der Waals surface area contributed by atoms with Crippen LogP contribution >= 0.6 is 11.3 Å². The highest BCUT2D eigenvalue weighted by Crippen LogP contribution is 2.32. The van der Waals surface area contributed by atoms with Crippen molar-refractivity contribution in [2.45, 2.75) is 0 Å². The van der Waals surface area contributed by atoms with Crippen LogP contribution in [0.15, 0.2) is 78.2 Å². The summed E-state index contributed by atoms with van der Waals surface area (Å²) in [6, 6.07) is 23.2. The SMILES string of the molecule is O=C(Nc1ccccc1)c1cccc(-c2csc3ccccc23)n1. The number of benzene rings is 2. The lowest BCUT2D eigenvalue weighted by Crippen LogP contribution is -2.13. The number of hydrogen-bond acceptors (Lipinski definition) is 3. The van der Waals surface area contributed by atoms with Gasteiger partial charge in [0.05, 0.1) is 5.69 Å². The minimum absolute atomic E-state index is 0.206. The normalized spacial score (nSPS) is 10.7. The smallest absolute Gasteiger partial charge is 0.274 e. The summed E-state index contributed by atoms with van der Waals surface area (Å²) in [5.41, 5.74) is 3.04. The number of anilines is 1. The quantitative estimate of drug-likeness (QED) is 0.560. The van der Waals surface area contributed by atoms with Crippen molar-refractivity contribution in [3.63, 3.8) is 0 Å². The third-order valence-corrected chi connectivity index (χ3v) is 4.73. The molecule has 2 aromatic heterocycles. The minimum atomic E-state index is -0.206. The predicted molar refractivity (Wildman–Crippen MR) is 99.5 cm³/mol. The Morgan fingerprint density at radius 3 is 2.54 bits per heavy atom. The number of aromatic nitrogens is 1. The molecule has 0 bridgehead atoms. The summed E-state index contributed by atoms with van der Waals surface area (Å²) in [6.45, 7) is 0. The second-order valence-corrected chi connectivity index (χ2v) is 6.28. The Bertz CT molecular complexity index is 1010. The molecule has 2 heterocycles. The molecule has 0 saturated heterocycles. The van der Waals surface area contributed by atoms with Gasteiger partial charge < -0.3 is 5.32 Å². The third kappa shape index (κ3) is 2.79. The fraction of sp³-hybridized carbons (Fsp3) is 0. The molecule has 24 heavy (non-hydrogen) atoms. The Balaban J connectivity index is 1.68. The van der Waals surface area contributed by atoms with E-state index in [1.165, 1.54) is 4.70 Å². The largest absolute Gasteiger partial charge is 0.321 e. The Morgan fingerprint density at radius 1 is 0.875 bits per heavy atom. The lowest BCUT2D eigenvalue weighted by atomic mass is 10.1. The standard InChI is InChI=1S/C20H14N2OS/c23-20(21-14-7-2-1-3-8-14)18-11-6-10-17(22-18)16-13-24-19-12-5-4-9-15(16)19/h1-13H,(H,21,23). The summed E-state index contributed by atoms with van der Waals surface area (Å²) in [6.07, 6.45) is 0. The van der Waals surface area contributed by atoms with Crippen molar-refractivity contribution in [3.8, 4) is 11.3 Å². The average molecular weight is 330 g/mol. The number of rotatable bonds is 3. The Morgan fingerprint density at radius 2 is 1.67 bits per heavy atom.